The van der Waals surface area contributed by atoms with Gasteiger partial charge in [0.1, 0.15) is 0 Å². The number of hydrogen-bond donors (Lipinski definition) is 0. The van der Waals surface area contributed by atoms with Crippen LogP contribution >= 0.6 is 8.25 Å². The summed E-state index contributed by atoms with van der Waals surface area (Å²) >= 11 is 0.500. The number of rotatable bonds is 4. The monoisotopic (exact) mass is 441 g/mol. The van der Waals surface area contributed by atoms with Gasteiger partial charge in [-0.25, -0.2) is 0 Å². The van der Waals surface area contributed by atoms with Gasteiger partial charge in [0.2, 0.25) is 0 Å². The average molecular weight is 440 g/mol. The van der Waals surface area contributed by atoms with Crippen molar-refractivity contribution in [1.82, 2.24) is 0 Å². The van der Waals surface area contributed by atoms with Gasteiger partial charge in [0, 0.05) is 0 Å². The van der Waals surface area contributed by atoms with Gasteiger partial charge in [0.15, 0.2) is 0 Å². The van der Waals surface area contributed by atoms with Crippen molar-refractivity contribution >= 4 is 8.25 Å². The molecule has 0 aromatic heterocycles. The molecule has 6 heteroatoms. The van der Waals surface area contributed by atoms with E-state index in [1.54, 1.807) is 0 Å². The van der Waals surface area contributed by atoms with Crippen molar-refractivity contribution in [2.75, 3.05) is 40.3 Å². The van der Waals surface area contributed by atoms with E-state index >= 15 is 0 Å². The molecule has 0 aliphatic rings. The number of nitrogens with zero attached hydrogens (tertiary/aromatic N) is 2. The Morgan fingerprint density at radius 2 is 0.812 bits per heavy atom. The molecular weight excluding hydrogens is 412 g/mol. The second-order valence-corrected chi connectivity index (χ2v) is 1.71. The fraction of sp³-hybridized carbons (Fsp3) is 1.00. The Hall–Kier alpha value is 1.07. The van der Waals surface area contributed by atoms with Gasteiger partial charge in [-0.1, -0.05) is 27.7 Å². The molecule has 0 aromatic rings. The van der Waals surface area contributed by atoms with Crippen LogP contribution in [0.1, 0.15) is 27.7 Å². The van der Waals surface area contributed by atoms with E-state index in [4.69, 9.17) is 19.7 Å². The molecule has 16 heavy (non-hydrogen) atoms. The zero-order valence-corrected chi connectivity index (χ0v) is 18.1. The van der Waals surface area contributed by atoms with Crippen LogP contribution in [0.25, 0.3) is 22.1 Å². The molecule has 2 N–H and O–H groups in total. The molecule has 0 unspecified atom stereocenters. The summed E-state index contributed by atoms with van der Waals surface area (Å²) in [5.41, 5.74) is 11.5. The van der Waals surface area contributed by atoms with E-state index < -0.39 is 0 Å². The number of hydrogen-bond acceptors (Lipinski definition) is 0. The summed E-state index contributed by atoms with van der Waals surface area (Å²) in [4.78, 5) is 0. The van der Waals surface area contributed by atoms with E-state index in [9.17, 15) is 0 Å². The van der Waals surface area contributed by atoms with Crippen LogP contribution < -0.4 is 0 Å². The van der Waals surface area contributed by atoms with E-state index in [1.165, 1.54) is 14.1 Å². The number of halogens is 1. The van der Waals surface area contributed by atoms with Gasteiger partial charge >= 0.3 is 33.1 Å². The molecule has 0 spiro atoms. The van der Waals surface area contributed by atoms with Gasteiger partial charge in [0.25, 0.3) is 0 Å². The minimum atomic E-state index is 0.500. The maximum absolute atomic E-state index is 5.75. The van der Waals surface area contributed by atoms with Crippen LogP contribution in [0.5, 0.6) is 0 Å². The molecule has 0 rings (SSSR count). The Bertz CT molecular complexity index is 43.8. The fourth-order valence-electron chi connectivity index (χ4n) is 0.447. The van der Waals surface area contributed by atoms with Crippen LogP contribution in [0.2, 0.25) is 0 Å². The molecule has 0 atom stereocenters. The van der Waals surface area contributed by atoms with Crippen LogP contribution in [0.4, 0.5) is 0 Å². The third kappa shape index (κ3) is 116. The average Bonchev–Trinajstić information content (AvgIpc) is 2.39. The molecule has 0 fully saturated rings. The second kappa shape index (κ2) is 73.0. The van der Waals surface area contributed by atoms with Crippen molar-refractivity contribution in [3.05, 3.63) is 22.1 Å². The topological polar surface area (TPSA) is 75.8 Å². The van der Waals surface area contributed by atoms with E-state index in [0.717, 1.165) is 26.2 Å². The van der Waals surface area contributed by atoms with Crippen molar-refractivity contribution in [3.8, 4) is 0 Å². The van der Waals surface area contributed by atoms with E-state index in [1.807, 2.05) is 27.7 Å². The van der Waals surface area contributed by atoms with Crippen LogP contribution in [0.15, 0.2) is 0 Å². The Balaban J connectivity index is -0.0000000345. The summed E-state index contributed by atoms with van der Waals surface area (Å²) in [6, 6.07) is 0. The van der Waals surface area contributed by atoms with E-state index in [2.05, 4.69) is 10.6 Å². The molecule has 0 aliphatic heterocycles. The van der Waals surface area contributed by atoms with Gasteiger partial charge in [0.05, 0.1) is 0 Å². The molecule has 101 valence electrons. The van der Waals surface area contributed by atoms with Crippen molar-refractivity contribution < 1.29 is 24.9 Å². The van der Waals surface area contributed by atoms with Crippen LogP contribution in [-0.2, 0) is 24.9 Å². The quantitative estimate of drug-likeness (QED) is 0.562. The first-order valence-electron chi connectivity index (χ1n) is 5.36. The van der Waals surface area contributed by atoms with Gasteiger partial charge < -0.3 is 22.1 Å². The standard InChI is InChI=1S/2C4H10N.2CH4N.ClH.Hg/c2*1-3-5-4-2;2*1-2;;/h2*3-4H2,1-2H3;2*2H,1H3;1H;/q4*-1;;+1/p-1. The Kier molecular flexibility index (Phi) is 138. The summed E-state index contributed by atoms with van der Waals surface area (Å²) in [5, 5.41) is 7.94. The second-order valence-electron chi connectivity index (χ2n) is 1.71. The summed E-state index contributed by atoms with van der Waals surface area (Å²) in [5.74, 6) is 0. The van der Waals surface area contributed by atoms with Crippen molar-refractivity contribution in [3.63, 3.8) is 0 Å². The van der Waals surface area contributed by atoms with E-state index in [0.29, 0.717) is 24.9 Å². The zero-order valence-electron chi connectivity index (χ0n) is 11.8. The molecule has 0 saturated heterocycles. The van der Waals surface area contributed by atoms with Crippen molar-refractivity contribution in [2.45, 2.75) is 27.7 Å². The molecule has 0 bridgehead atoms. The molecular formula is C10H28ClHgN4-4. The Labute approximate surface area is 123 Å². The van der Waals surface area contributed by atoms with Crippen LogP contribution in [0, 0.1) is 0 Å². The van der Waals surface area contributed by atoms with Gasteiger partial charge in [-0.2, -0.15) is 40.3 Å². The molecule has 0 aromatic carbocycles. The molecule has 0 aliphatic carbocycles. The SMILES string of the molecule is CC[N-]CC.CC[N-]CC.C[NH-].C[NH-].[Cl][Hg]. The molecule has 0 heterocycles. The Morgan fingerprint density at radius 1 is 0.688 bits per heavy atom. The Morgan fingerprint density at radius 3 is 0.812 bits per heavy atom. The van der Waals surface area contributed by atoms with E-state index in [-0.39, 0.29) is 0 Å². The first-order valence-corrected chi connectivity index (χ1v) is 12.1. The van der Waals surface area contributed by atoms with Gasteiger partial charge in [-0.05, 0) is 0 Å². The van der Waals surface area contributed by atoms with Gasteiger partial charge in [-0.15, -0.1) is 0 Å². The summed E-state index contributed by atoms with van der Waals surface area (Å²) in [7, 11) is 7.33. The summed E-state index contributed by atoms with van der Waals surface area (Å²) < 4.78 is 0. The summed E-state index contributed by atoms with van der Waals surface area (Å²) in [6.07, 6.45) is 0. The fourth-order valence-corrected chi connectivity index (χ4v) is 0.447. The molecule has 4 nitrogen and oxygen atoms in total. The minimum absolute atomic E-state index is 0.500. The molecule has 0 radical (unpaired) electrons. The third-order valence-corrected chi connectivity index (χ3v) is 0.894. The molecule has 0 saturated carbocycles. The van der Waals surface area contributed by atoms with Crippen LogP contribution in [-0.4, -0.2) is 40.3 Å². The maximum atomic E-state index is 5.75. The first-order chi connectivity index (χ1) is 7.83. The number of nitrogens with one attached hydrogen (secondary N) is 2. The van der Waals surface area contributed by atoms with Gasteiger partial charge in [-0.3, -0.25) is 0 Å². The van der Waals surface area contributed by atoms with Crippen molar-refractivity contribution in [1.29, 1.82) is 0 Å². The predicted molar refractivity (Wildman–Crippen MR) is 75.2 cm³/mol. The first kappa shape index (κ1) is 30.3. The van der Waals surface area contributed by atoms with Crippen LogP contribution in [0.3, 0.4) is 0 Å². The molecule has 0 amide bonds. The summed E-state index contributed by atoms with van der Waals surface area (Å²) in [6.45, 7) is 12.1. The third-order valence-electron chi connectivity index (χ3n) is 0.894. The normalized spacial score (nSPS) is 6.44. The zero-order chi connectivity index (χ0) is 14.2. The predicted octanol–water partition coefficient (Wildman–Crippen LogP) is 4.82. The van der Waals surface area contributed by atoms with Crippen molar-refractivity contribution in [2.24, 2.45) is 0 Å².